The van der Waals surface area contributed by atoms with Crippen LogP contribution in [0.3, 0.4) is 0 Å². The maximum atomic E-state index is 5.57. The van der Waals surface area contributed by atoms with Crippen LogP contribution in [0.15, 0.2) is 31.7 Å². The molecular formula is C12H12N4O2S2. The monoisotopic (exact) mass is 308 g/mol. The number of hydrogen-bond acceptors (Lipinski definition) is 8. The molecule has 0 aliphatic rings. The summed E-state index contributed by atoms with van der Waals surface area (Å²) in [6.07, 6.45) is 1.44. The zero-order valence-electron chi connectivity index (χ0n) is 10.8. The van der Waals surface area contributed by atoms with Crippen LogP contribution >= 0.6 is 23.1 Å². The second-order valence-electron chi connectivity index (χ2n) is 3.96. The molecule has 3 rings (SSSR count). The van der Waals surface area contributed by atoms with E-state index in [9.17, 15) is 0 Å². The van der Waals surface area contributed by atoms with Crippen molar-refractivity contribution in [2.45, 2.75) is 30.7 Å². The molecule has 20 heavy (non-hydrogen) atoms. The molecule has 3 aromatic rings. The highest BCUT2D eigenvalue weighted by atomic mass is 32.2. The van der Waals surface area contributed by atoms with Crippen LogP contribution in [0.2, 0.25) is 0 Å². The third kappa shape index (κ3) is 3.26. The summed E-state index contributed by atoms with van der Waals surface area (Å²) in [5, 5.41) is 14.4. The van der Waals surface area contributed by atoms with Crippen LogP contribution in [0, 0.1) is 0 Å². The minimum atomic E-state index is 0.521. The third-order valence-electron chi connectivity index (χ3n) is 2.50. The van der Waals surface area contributed by atoms with E-state index in [0.717, 1.165) is 6.42 Å². The molecule has 0 aromatic carbocycles. The maximum absolute atomic E-state index is 5.57. The normalized spacial score (nSPS) is 11.1. The van der Waals surface area contributed by atoms with E-state index in [1.165, 1.54) is 16.6 Å². The Kier molecular flexibility index (Phi) is 4.12. The molecule has 0 spiro atoms. The molecule has 3 heterocycles. The van der Waals surface area contributed by atoms with E-state index in [-0.39, 0.29) is 0 Å². The summed E-state index contributed by atoms with van der Waals surface area (Å²) in [5.74, 6) is 2.44. The smallest absolute Gasteiger partial charge is 0.277 e. The van der Waals surface area contributed by atoms with Crippen molar-refractivity contribution in [3.8, 4) is 0 Å². The lowest BCUT2D eigenvalue weighted by atomic mass is 10.3. The fourth-order valence-electron chi connectivity index (χ4n) is 1.55. The summed E-state index contributed by atoms with van der Waals surface area (Å²) < 4.78 is 10.7. The van der Waals surface area contributed by atoms with Gasteiger partial charge >= 0.3 is 0 Å². The molecule has 104 valence electrons. The Balaban J connectivity index is 1.57. The quantitative estimate of drug-likeness (QED) is 0.648. The first-order valence-electron chi connectivity index (χ1n) is 6.12. The van der Waals surface area contributed by atoms with Crippen molar-refractivity contribution in [2.24, 2.45) is 0 Å². The number of aryl methyl sites for hydroxylation is 1. The first-order chi connectivity index (χ1) is 9.83. The van der Waals surface area contributed by atoms with E-state index in [2.05, 4.69) is 20.3 Å². The van der Waals surface area contributed by atoms with Gasteiger partial charge in [0.05, 0.1) is 12.2 Å². The second-order valence-corrected chi connectivity index (χ2v) is 5.92. The summed E-state index contributed by atoms with van der Waals surface area (Å²) in [6.45, 7) is 1.98. The molecular weight excluding hydrogens is 296 g/mol. The largest absolute Gasteiger partial charge is 0.416 e. The van der Waals surface area contributed by atoms with Crippen molar-refractivity contribution >= 4 is 23.1 Å². The molecule has 0 aliphatic carbocycles. The summed E-state index contributed by atoms with van der Waals surface area (Å²) in [6, 6.07) is 4.05. The van der Waals surface area contributed by atoms with Gasteiger partial charge in [0.1, 0.15) is 0 Å². The number of hydrogen-bond donors (Lipinski definition) is 0. The Labute approximate surface area is 123 Å². The van der Waals surface area contributed by atoms with E-state index in [4.69, 9.17) is 8.94 Å². The number of aromatic nitrogens is 4. The zero-order chi connectivity index (χ0) is 13.8. The van der Waals surface area contributed by atoms with Crippen molar-refractivity contribution in [3.05, 3.63) is 40.0 Å². The van der Waals surface area contributed by atoms with Gasteiger partial charge in [-0.15, -0.1) is 21.5 Å². The predicted octanol–water partition coefficient (Wildman–Crippen LogP) is 2.96. The van der Waals surface area contributed by atoms with Crippen molar-refractivity contribution in [1.29, 1.82) is 0 Å². The molecule has 3 aromatic heterocycles. The first-order valence-corrected chi connectivity index (χ1v) is 7.99. The van der Waals surface area contributed by atoms with E-state index in [0.29, 0.717) is 35.0 Å². The van der Waals surface area contributed by atoms with Crippen LogP contribution in [0.1, 0.15) is 29.4 Å². The molecule has 0 bridgehead atoms. The highest BCUT2D eigenvalue weighted by Gasteiger charge is 2.11. The summed E-state index contributed by atoms with van der Waals surface area (Å²) in [5.41, 5.74) is 0. The van der Waals surface area contributed by atoms with Crippen LogP contribution in [-0.4, -0.2) is 20.3 Å². The topological polar surface area (TPSA) is 77.8 Å². The Bertz CT molecular complexity index is 663. The number of rotatable bonds is 6. The molecule has 0 amide bonds. The minimum absolute atomic E-state index is 0.521. The highest BCUT2D eigenvalue weighted by molar-refractivity contribution is 7.98. The van der Waals surface area contributed by atoms with Gasteiger partial charge in [-0.1, -0.05) is 29.9 Å². The van der Waals surface area contributed by atoms with Gasteiger partial charge in [-0.05, 0) is 11.4 Å². The molecule has 6 nitrogen and oxygen atoms in total. The average molecular weight is 308 g/mol. The molecule has 0 saturated heterocycles. The zero-order valence-corrected chi connectivity index (χ0v) is 12.4. The van der Waals surface area contributed by atoms with Crippen LogP contribution in [0.5, 0.6) is 0 Å². The fourth-order valence-corrected chi connectivity index (χ4v) is 2.86. The van der Waals surface area contributed by atoms with Gasteiger partial charge in [0.2, 0.25) is 11.8 Å². The highest BCUT2D eigenvalue weighted by Crippen LogP contribution is 2.22. The molecule has 0 atom stereocenters. The maximum Gasteiger partial charge on any atom is 0.277 e. The van der Waals surface area contributed by atoms with Gasteiger partial charge in [-0.3, -0.25) is 0 Å². The summed E-state index contributed by atoms with van der Waals surface area (Å²) in [4.78, 5) is 5.43. The standard InChI is InChI=1S/C12H12N4O2S2/c1-2-9-13-11(18-16-9)7-20-12-15-14-10(17-12)6-8-4-3-5-19-8/h3-5H,2,6-7H2,1H3. The average Bonchev–Trinajstić information content (AvgIpc) is 3.18. The van der Waals surface area contributed by atoms with Crippen molar-refractivity contribution in [3.63, 3.8) is 0 Å². The van der Waals surface area contributed by atoms with Crippen molar-refractivity contribution < 1.29 is 8.94 Å². The molecule has 8 heteroatoms. The van der Waals surface area contributed by atoms with Crippen LogP contribution in [0.4, 0.5) is 0 Å². The molecule has 0 aliphatic heterocycles. The van der Waals surface area contributed by atoms with E-state index in [1.54, 1.807) is 11.3 Å². The van der Waals surface area contributed by atoms with E-state index >= 15 is 0 Å². The number of thioether (sulfide) groups is 1. The molecule has 0 N–H and O–H groups in total. The Morgan fingerprint density at radius 1 is 1.30 bits per heavy atom. The van der Waals surface area contributed by atoms with Gasteiger partial charge in [-0.2, -0.15) is 4.98 Å². The molecule has 0 saturated carbocycles. The van der Waals surface area contributed by atoms with Gasteiger partial charge in [0, 0.05) is 11.3 Å². The lowest BCUT2D eigenvalue weighted by Crippen LogP contribution is -1.84. The molecule has 0 fully saturated rings. The summed E-state index contributed by atoms with van der Waals surface area (Å²) in [7, 11) is 0. The van der Waals surface area contributed by atoms with Gasteiger partial charge in [-0.25, -0.2) is 0 Å². The van der Waals surface area contributed by atoms with Crippen molar-refractivity contribution in [1.82, 2.24) is 20.3 Å². The lowest BCUT2D eigenvalue weighted by Gasteiger charge is -1.91. The van der Waals surface area contributed by atoms with Crippen molar-refractivity contribution in [2.75, 3.05) is 0 Å². The number of thiophene rings is 1. The Morgan fingerprint density at radius 3 is 3.00 bits per heavy atom. The predicted molar refractivity (Wildman–Crippen MR) is 74.7 cm³/mol. The Hall–Kier alpha value is -1.67. The molecule has 0 unspecified atom stereocenters. The van der Waals surface area contributed by atoms with Gasteiger partial charge in [0.25, 0.3) is 5.22 Å². The Morgan fingerprint density at radius 2 is 2.25 bits per heavy atom. The van der Waals surface area contributed by atoms with E-state index < -0.39 is 0 Å². The van der Waals surface area contributed by atoms with E-state index in [1.807, 2.05) is 24.4 Å². The van der Waals surface area contributed by atoms with Gasteiger partial charge in [0.15, 0.2) is 5.82 Å². The fraction of sp³-hybridized carbons (Fsp3) is 0.333. The summed E-state index contributed by atoms with van der Waals surface area (Å²) >= 11 is 3.07. The van der Waals surface area contributed by atoms with Crippen LogP contribution in [0.25, 0.3) is 0 Å². The third-order valence-corrected chi connectivity index (χ3v) is 4.18. The van der Waals surface area contributed by atoms with Crippen LogP contribution < -0.4 is 0 Å². The van der Waals surface area contributed by atoms with Crippen LogP contribution in [-0.2, 0) is 18.6 Å². The SMILES string of the molecule is CCc1noc(CSc2nnc(Cc3cccs3)o2)n1. The lowest BCUT2D eigenvalue weighted by molar-refractivity contribution is 0.384. The number of nitrogens with zero attached hydrogens (tertiary/aromatic N) is 4. The first kappa shape index (κ1) is 13.3. The second kappa shape index (κ2) is 6.19. The minimum Gasteiger partial charge on any atom is -0.416 e. The molecule has 0 radical (unpaired) electrons. The van der Waals surface area contributed by atoms with Gasteiger partial charge < -0.3 is 8.94 Å².